The van der Waals surface area contributed by atoms with Crippen LogP contribution in [0.2, 0.25) is 0 Å². The summed E-state index contributed by atoms with van der Waals surface area (Å²) >= 11 is 0. The van der Waals surface area contributed by atoms with Crippen molar-refractivity contribution >= 4 is 37.7 Å². The molecule has 0 unspecified atom stereocenters. The number of hydrogen-bond acceptors (Lipinski definition) is 2. The van der Waals surface area contributed by atoms with Crippen LogP contribution in [0.4, 0.5) is 0 Å². The predicted octanol–water partition coefficient (Wildman–Crippen LogP) is -1.40. The van der Waals surface area contributed by atoms with Gasteiger partial charge < -0.3 is 10.2 Å². The summed E-state index contributed by atoms with van der Waals surface area (Å²) in [5, 5.41) is 17.4. The van der Waals surface area contributed by atoms with E-state index < -0.39 is 0 Å². The molecule has 0 aromatic heterocycles. The van der Waals surface area contributed by atoms with Crippen molar-refractivity contribution in [3.05, 3.63) is 25.7 Å². The molecule has 0 aliphatic rings. The van der Waals surface area contributed by atoms with Crippen molar-refractivity contribution in [2.24, 2.45) is 0 Å². The first-order chi connectivity index (χ1) is 2.83. The van der Waals surface area contributed by atoms with Gasteiger partial charge in [0.25, 0.3) is 0 Å². The van der Waals surface area contributed by atoms with Crippen LogP contribution < -0.4 is 10.2 Å². The van der Waals surface area contributed by atoms with Gasteiger partial charge in [-0.2, -0.15) is 12.5 Å². The van der Waals surface area contributed by atoms with E-state index in [0.717, 1.165) is 0 Å². The van der Waals surface area contributed by atoms with Crippen molar-refractivity contribution in [3.63, 3.8) is 0 Å². The van der Waals surface area contributed by atoms with E-state index in [9.17, 15) is 0 Å². The second-order valence-electron chi connectivity index (χ2n) is 0.333. The maximum absolute atomic E-state index is 8.69. The van der Waals surface area contributed by atoms with E-state index in [0.29, 0.717) is 12.5 Å². The van der Waals surface area contributed by atoms with Crippen LogP contribution in [0.5, 0.6) is 0 Å². The Morgan fingerprint density at radius 1 is 1.00 bits per heavy atom. The van der Waals surface area contributed by atoms with Gasteiger partial charge >= 0.3 is 37.7 Å². The van der Waals surface area contributed by atoms with Crippen LogP contribution in [0.3, 0.4) is 0 Å². The molecule has 0 aliphatic carbocycles. The third-order valence-corrected chi connectivity index (χ3v) is 0. The summed E-state index contributed by atoms with van der Waals surface area (Å²) in [6, 6.07) is 0. The molecule has 7 heavy (non-hydrogen) atoms. The quantitative estimate of drug-likeness (QED) is 0.296. The summed E-state index contributed by atoms with van der Waals surface area (Å²) in [5.41, 5.74) is 0. The summed E-state index contributed by atoms with van der Waals surface area (Å²) in [5.74, 6) is 0. The third kappa shape index (κ3) is 1030. The summed E-state index contributed by atoms with van der Waals surface area (Å²) in [7, 11) is 0. The Bertz CT molecular complexity index is 30.7. The first-order valence-corrected chi connectivity index (χ1v) is 1.29. The molecule has 0 radical (unpaired) electrons. The van der Waals surface area contributed by atoms with Gasteiger partial charge in [0.2, 0.25) is 0 Å². The van der Waals surface area contributed by atoms with E-state index in [4.69, 9.17) is 10.2 Å². The Morgan fingerprint density at radius 2 is 1.00 bits per heavy atom. The van der Waals surface area contributed by atoms with Crippen LogP contribution in [0, 0.1) is 0 Å². The zero-order valence-electron chi connectivity index (χ0n) is 4.09. The SMILES string of the molecule is C=C[O-].C=C[O-].[Ca+2]. The molecule has 0 rings (SSSR count). The van der Waals surface area contributed by atoms with Crippen molar-refractivity contribution in [1.29, 1.82) is 0 Å². The average molecular weight is 126 g/mol. The van der Waals surface area contributed by atoms with Gasteiger partial charge in [-0.25, -0.2) is 0 Å². The molecule has 2 nitrogen and oxygen atoms in total. The smallest absolute Gasteiger partial charge is 0.878 e. The minimum Gasteiger partial charge on any atom is -0.878 e. The summed E-state index contributed by atoms with van der Waals surface area (Å²) in [6.45, 7) is 5.61. The molecule has 0 fully saturated rings. The zero-order valence-corrected chi connectivity index (χ0v) is 6.30. The van der Waals surface area contributed by atoms with Crippen molar-refractivity contribution in [3.8, 4) is 0 Å². The average Bonchev–Trinajstić information content (AvgIpc) is 1.39. The van der Waals surface area contributed by atoms with Crippen LogP contribution in [0.25, 0.3) is 0 Å². The Kier molecular flexibility index (Phi) is 73.9. The fourth-order valence-electron chi connectivity index (χ4n) is 0. The van der Waals surface area contributed by atoms with E-state index in [-0.39, 0.29) is 37.7 Å². The molecule has 0 aromatic rings. The molecule has 0 atom stereocenters. The minimum absolute atomic E-state index is 0. The molecule has 3 heteroatoms. The van der Waals surface area contributed by atoms with Gasteiger partial charge in [-0.05, 0) is 0 Å². The topological polar surface area (TPSA) is 46.1 Å². The van der Waals surface area contributed by atoms with Gasteiger partial charge in [-0.3, -0.25) is 0 Å². The summed E-state index contributed by atoms with van der Waals surface area (Å²) in [4.78, 5) is 0. The predicted molar refractivity (Wildman–Crippen MR) is 26.1 cm³/mol. The van der Waals surface area contributed by atoms with Crippen molar-refractivity contribution in [2.75, 3.05) is 0 Å². The van der Waals surface area contributed by atoms with Gasteiger partial charge in [0, 0.05) is 0 Å². The van der Waals surface area contributed by atoms with Gasteiger partial charge in [0.05, 0.1) is 0 Å². The summed E-state index contributed by atoms with van der Waals surface area (Å²) in [6.07, 6.45) is 1.00. The Labute approximate surface area is 73.2 Å². The molecule has 0 N–H and O–H groups in total. The second kappa shape index (κ2) is 33.0. The van der Waals surface area contributed by atoms with E-state index in [2.05, 4.69) is 13.2 Å². The molecule has 0 aromatic carbocycles. The van der Waals surface area contributed by atoms with E-state index in [1.807, 2.05) is 0 Å². The van der Waals surface area contributed by atoms with E-state index >= 15 is 0 Å². The second-order valence-corrected chi connectivity index (χ2v) is 0.333. The van der Waals surface area contributed by atoms with Crippen LogP contribution in [0.15, 0.2) is 25.7 Å². The van der Waals surface area contributed by atoms with Crippen LogP contribution in [0.1, 0.15) is 0 Å². The Balaban J connectivity index is -0.0000000400. The summed E-state index contributed by atoms with van der Waals surface area (Å²) < 4.78 is 0. The maximum Gasteiger partial charge on any atom is 2.00 e. The normalized spacial score (nSPS) is 3.43. The molecular weight excluding hydrogens is 120 g/mol. The fraction of sp³-hybridized carbons (Fsp3) is 0. The number of hydrogen-bond donors (Lipinski definition) is 0. The fourth-order valence-corrected chi connectivity index (χ4v) is 0. The van der Waals surface area contributed by atoms with Gasteiger partial charge in [-0.1, -0.05) is 0 Å². The molecule has 0 spiro atoms. The molecular formula is C4H6CaO2. The zero-order chi connectivity index (χ0) is 5.41. The Hall–Kier alpha value is 0.340. The number of rotatable bonds is 0. The molecule has 0 saturated carbocycles. The van der Waals surface area contributed by atoms with E-state index in [1.165, 1.54) is 0 Å². The molecule has 0 aliphatic heterocycles. The minimum atomic E-state index is 0. The van der Waals surface area contributed by atoms with Crippen LogP contribution >= 0.6 is 0 Å². The van der Waals surface area contributed by atoms with Gasteiger partial charge in [0.15, 0.2) is 0 Å². The van der Waals surface area contributed by atoms with Gasteiger partial charge in [-0.15, -0.1) is 13.2 Å². The van der Waals surface area contributed by atoms with E-state index in [1.54, 1.807) is 0 Å². The monoisotopic (exact) mass is 126 g/mol. The van der Waals surface area contributed by atoms with Crippen LogP contribution in [-0.4, -0.2) is 37.7 Å². The third-order valence-electron chi connectivity index (χ3n) is 0. The molecule has 36 valence electrons. The molecule has 0 bridgehead atoms. The van der Waals surface area contributed by atoms with Gasteiger partial charge in [0.1, 0.15) is 0 Å². The van der Waals surface area contributed by atoms with Crippen LogP contribution in [-0.2, 0) is 0 Å². The van der Waals surface area contributed by atoms with Crippen molar-refractivity contribution in [1.82, 2.24) is 0 Å². The molecule has 0 amide bonds. The first-order valence-electron chi connectivity index (χ1n) is 1.29. The molecule has 0 heterocycles. The van der Waals surface area contributed by atoms with Crippen molar-refractivity contribution < 1.29 is 10.2 Å². The van der Waals surface area contributed by atoms with Crippen molar-refractivity contribution in [2.45, 2.75) is 0 Å². The standard InChI is InChI=1S/2C2H4O.Ca/c2*1-2-3;/h2*2-3H,1H2;/q;;+2/p-2. The molecule has 0 saturated heterocycles. The Morgan fingerprint density at radius 3 is 1.00 bits per heavy atom. The first kappa shape index (κ1) is 15.7. The maximum atomic E-state index is 8.69. The largest absolute Gasteiger partial charge is 2.00 e.